The van der Waals surface area contributed by atoms with Crippen LogP contribution in [0.4, 0.5) is 0 Å². The number of carboxylic acid groups (broad SMARTS) is 1. The smallest absolute Gasteiger partial charge is 0.305 e. The van der Waals surface area contributed by atoms with E-state index in [9.17, 15) is 4.79 Å². The predicted octanol–water partition coefficient (Wildman–Crippen LogP) is -0.179. The fourth-order valence-corrected chi connectivity index (χ4v) is 0.863. The molecular formula is C8H15NO4S. The standard InChI is InChI=1S/C8H15NO4S/c1-12-4-6(9)7(14)5-13-3-2-8(10)11/h6H,2-5,9H2,1H3,(H,10,11)/t6-/m0/s1. The molecule has 0 saturated carbocycles. The summed E-state index contributed by atoms with van der Waals surface area (Å²) in [5.41, 5.74) is 5.61. The minimum atomic E-state index is -0.892. The fourth-order valence-electron chi connectivity index (χ4n) is 0.712. The molecule has 0 aromatic heterocycles. The van der Waals surface area contributed by atoms with Crippen LogP contribution in [-0.4, -0.2) is 48.9 Å². The number of thiocarbonyl (C=S) groups is 1. The maximum atomic E-state index is 10.1. The molecule has 0 aromatic rings. The van der Waals surface area contributed by atoms with Gasteiger partial charge in [0.15, 0.2) is 0 Å². The number of hydrogen-bond acceptors (Lipinski definition) is 5. The minimum absolute atomic E-state index is 0.0257. The van der Waals surface area contributed by atoms with E-state index in [0.717, 1.165) is 0 Å². The number of hydrogen-bond donors (Lipinski definition) is 2. The first-order valence-corrected chi connectivity index (χ1v) is 4.55. The Kier molecular flexibility index (Phi) is 7.50. The first-order valence-electron chi connectivity index (χ1n) is 4.14. The van der Waals surface area contributed by atoms with Gasteiger partial charge in [0, 0.05) is 12.0 Å². The number of carboxylic acids is 1. The van der Waals surface area contributed by atoms with Gasteiger partial charge in [-0.2, -0.15) is 0 Å². The van der Waals surface area contributed by atoms with Crippen molar-refractivity contribution in [2.45, 2.75) is 12.5 Å². The van der Waals surface area contributed by atoms with Gasteiger partial charge in [-0.3, -0.25) is 4.79 Å². The van der Waals surface area contributed by atoms with Gasteiger partial charge in [0.1, 0.15) is 0 Å². The Bertz CT molecular complexity index is 198. The molecule has 0 aliphatic heterocycles. The van der Waals surface area contributed by atoms with Gasteiger partial charge in [-0.25, -0.2) is 0 Å². The lowest BCUT2D eigenvalue weighted by Crippen LogP contribution is -2.36. The summed E-state index contributed by atoms with van der Waals surface area (Å²) < 4.78 is 9.82. The van der Waals surface area contributed by atoms with Gasteiger partial charge >= 0.3 is 5.97 Å². The molecule has 0 spiro atoms. The molecule has 0 rings (SSSR count). The van der Waals surface area contributed by atoms with Gasteiger partial charge in [-0.05, 0) is 0 Å². The highest BCUT2D eigenvalue weighted by Crippen LogP contribution is 1.91. The molecule has 5 nitrogen and oxygen atoms in total. The summed E-state index contributed by atoms with van der Waals surface area (Å²) in [4.78, 5) is 10.7. The molecule has 0 aromatic carbocycles. The average molecular weight is 221 g/mol. The molecule has 0 fully saturated rings. The van der Waals surface area contributed by atoms with Crippen molar-refractivity contribution < 1.29 is 19.4 Å². The molecule has 0 heterocycles. The lowest BCUT2D eigenvalue weighted by Gasteiger charge is -2.11. The van der Waals surface area contributed by atoms with Gasteiger partial charge in [0.25, 0.3) is 0 Å². The summed E-state index contributed by atoms with van der Waals surface area (Å²) in [5.74, 6) is -0.892. The van der Waals surface area contributed by atoms with E-state index in [2.05, 4.69) is 0 Å². The van der Waals surface area contributed by atoms with E-state index in [0.29, 0.717) is 11.5 Å². The maximum Gasteiger partial charge on any atom is 0.305 e. The van der Waals surface area contributed by atoms with E-state index in [1.165, 1.54) is 7.11 Å². The number of rotatable bonds is 8. The van der Waals surface area contributed by atoms with Gasteiger partial charge in [0.05, 0.1) is 32.3 Å². The van der Waals surface area contributed by atoms with Gasteiger partial charge in [-0.15, -0.1) is 0 Å². The first-order chi connectivity index (χ1) is 6.57. The van der Waals surface area contributed by atoms with Crippen molar-refractivity contribution in [2.24, 2.45) is 5.73 Å². The summed E-state index contributed by atoms with van der Waals surface area (Å²) in [6.45, 7) is 0.698. The van der Waals surface area contributed by atoms with Crippen molar-refractivity contribution in [2.75, 3.05) is 26.9 Å². The molecule has 6 heteroatoms. The van der Waals surface area contributed by atoms with Crippen LogP contribution in [0.5, 0.6) is 0 Å². The Morgan fingerprint density at radius 3 is 2.79 bits per heavy atom. The molecule has 0 unspecified atom stereocenters. The minimum Gasteiger partial charge on any atom is -0.481 e. The Morgan fingerprint density at radius 1 is 1.64 bits per heavy atom. The zero-order valence-electron chi connectivity index (χ0n) is 8.06. The van der Waals surface area contributed by atoms with Crippen molar-refractivity contribution in [1.29, 1.82) is 0 Å². The Balaban J connectivity index is 3.48. The van der Waals surface area contributed by atoms with Crippen LogP contribution in [0.2, 0.25) is 0 Å². The van der Waals surface area contributed by atoms with E-state index in [1.807, 2.05) is 0 Å². The van der Waals surface area contributed by atoms with Crippen LogP contribution < -0.4 is 5.73 Å². The highest BCUT2D eigenvalue weighted by atomic mass is 32.1. The topological polar surface area (TPSA) is 81.8 Å². The Morgan fingerprint density at radius 2 is 2.29 bits per heavy atom. The molecule has 0 aliphatic carbocycles. The van der Waals surface area contributed by atoms with Crippen LogP contribution in [0, 0.1) is 0 Å². The van der Waals surface area contributed by atoms with E-state index in [4.69, 9.17) is 32.5 Å². The van der Waals surface area contributed by atoms with Gasteiger partial charge < -0.3 is 20.3 Å². The lowest BCUT2D eigenvalue weighted by atomic mass is 10.2. The third-order valence-corrected chi connectivity index (χ3v) is 1.88. The normalized spacial score (nSPS) is 12.4. The summed E-state index contributed by atoms with van der Waals surface area (Å²) in [7, 11) is 1.54. The molecule has 82 valence electrons. The Labute approximate surface area is 88.2 Å². The zero-order chi connectivity index (χ0) is 11.0. The molecule has 0 amide bonds. The van der Waals surface area contributed by atoms with Crippen molar-refractivity contribution in [1.82, 2.24) is 0 Å². The van der Waals surface area contributed by atoms with Gasteiger partial charge in [-0.1, -0.05) is 12.2 Å². The molecule has 0 aliphatic rings. The van der Waals surface area contributed by atoms with E-state index >= 15 is 0 Å². The highest BCUT2D eigenvalue weighted by molar-refractivity contribution is 7.80. The van der Waals surface area contributed by atoms with E-state index in [-0.39, 0.29) is 25.7 Å². The molecule has 1 atom stereocenters. The van der Waals surface area contributed by atoms with Crippen molar-refractivity contribution >= 4 is 23.1 Å². The number of aliphatic carboxylic acids is 1. The van der Waals surface area contributed by atoms with Crippen molar-refractivity contribution in [3.63, 3.8) is 0 Å². The van der Waals surface area contributed by atoms with Crippen LogP contribution in [0.1, 0.15) is 6.42 Å². The van der Waals surface area contributed by atoms with Crippen LogP contribution in [0.25, 0.3) is 0 Å². The molecule has 14 heavy (non-hydrogen) atoms. The predicted molar refractivity (Wildman–Crippen MR) is 55.5 cm³/mol. The molecule has 3 N–H and O–H groups in total. The first kappa shape index (κ1) is 13.4. The summed E-state index contributed by atoms with van der Waals surface area (Å²) >= 11 is 4.94. The van der Waals surface area contributed by atoms with Crippen LogP contribution in [-0.2, 0) is 14.3 Å². The number of ether oxygens (including phenoxy) is 2. The fraction of sp³-hybridized carbons (Fsp3) is 0.750. The summed E-state index contributed by atoms with van der Waals surface area (Å²) in [6.07, 6.45) is -0.0257. The number of nitrogens with two attached hydrogens (primary N) is 1. The third-order valence-electron chi connectivity index (χ3n) is 1.46. The third kappa shape index (κ3) is 6.90. The monoisotopic (exact) mass is 221 g/mol. The summed E-state index contributed by atoms with van der Waals surface area (Å²) in [6, 6.07) is -0.333. The SMILES string of the molecule is COC[C@H](N)C(=S)COCCC(=O)O. The largest absolute Gasteiger partial charge is 0.481 e. The van der Waals surface area contributed by atoms with Crippen LogP contribution >= 0.6 is 12.2 Å². The second kappa shape index (κ2) is 7.81. The molecular weight excluding hydrogens is 206 g/mol. The second-order valence-corrected chi connectivity index (χ2v) is 3.25. The molecule has 0 saturated heterocycles. The zero-order valence-corrected chi connectivity index (χ0v) is 8.88. The summed E-state index contributed by atoms with van der Waals surface area (Å²) in [5, 5.41) is 8.31. The van der Waals surface area contributed by atoms with Gasteiger partial charge in [0.2, 0.25) is 0 Å². The van der Waals surface area contributed by atoms with E-state index in [1.54, 1.807) is 0 Å². The lowest BCUT2D eigenvalue weighted by molar-refractivity contribution is -0.138. The van der Waals surface area contributed by atoms with Crippen LogP contribution in [0.3, 0.4) is 0 Å². The molecule has 0 bridgehead atoms. The van der Waals surface area contributed by atoms with E-state index < -0.39 is 5.97 Å². The van der Waals surface area contributed by atoms with Crippen molar-refractivity contribution in [3.8, 4) is 0 Å². The quantitative estimate of drug-likeness (QED) is 0.437. The second-order valence-electron chi connectivity index (χ2n) is 2.72. The van der Waals surface area contributed by atoms with Crippen molar-refractivity contribution in [3.05, 3.63) is 0 Å². The average Bonchev–Trinajstić information content (AvgIpc) is 2.12. The number of carbonyl (C=O) groups is 1. The highest BCUT2D eigenvalue weighted by Gasteiger charge is 2.08. The Hall–Kier alpha value is -0.560. The van der Waals surface area contributed by atoms with Crippen LogP contribution in [0.15, 0.2) is 0 Å². The maximum absolute atomic E-state index is 10.1. The number of methoxy groups -OCH3 is 1. The molecule has 0 radical (unpaired) electrons.